The van der Waals surface area contributed by atoms with Crippen LogP contribution in [0.15, 0.2) is 0 Å². The molecule has 0 bridgehead atoms. The number of carbonyl (C=O) groups is 2. The van der Waals surface area contributed by atoms with E-state index in [0.29, 0.717) is 10.6 Å². The topological polar surface area (TPSA) is 91.6 Å². The van der Waals surface area contributed by atoms with Gasteiger partial charge in [0, 0.05) is 27.2 Å². The predicted molar refractivity (Wildman–Crippen MR) is 81.1 cm³/mol. The SMILES string of the molecule is CC(C)NC(=O)c1c(N)nsc1N(C)CC(=O)N(C)C. The largest absolute Gasteiger partial charge is 0.382 e. The van der Waals surface area contributed by atoms with Gasteiger partial charge in [-0.15, -0.1) is 0 Å². The van der Waals surface area contributed by atoms with Crippen molar-refractivity contribution >= 4 is 34.2 Å². The number of hydrogen-bond acceptors (Lipinski definition) is 6. The number of rotatable bonds is 5. The molecule has 1 aromatic rings. The molecule has 0 aliphatic rings. The summed E-state index contributed by atoms with van der Waals surface area (Å²) in [5.41, 5.74) is 6.09. The first-order valence-corrected chi connectivity index (χ1v) is 6.98. The van der Waals surface area contributed by atoms with E-state index in [1.165, 1.54) is 4.90 Å². The van der Waals surface area contributed by atoms with Gasteiger partial charge in [-0.3, -0.25) is 9.59 Å². The standard InChI is InChI=1S/C12H21N5O2S/c1-7(2)14-11(19)9-10(13)15-20-12(9)17(5)6-8(18)16(3)4/h7H,6H2,1-5H3,(H2,13,15)(H,14,19). The first-order valence-electron chi connectivity index (χ1n) is 6.21. The van der Waals surface area contributed by atoms with Gasteiger partial charge in [0.2, 0.25) is 5.91 Å². The van der Waals surface area contributed by atoms with Crippen molar-refractivity contribution in [3.05, 3.63) is 5.56 Å². The lowest BCUT2D eigenvalue weighted by atomic mass is 10.2. The van der Waals surface area contributed by atoms with Crippen LogP contribution in [0.25, 0.3) is 0 Å². The first-order chi connectivity index (χ1) is 9.23. The molecule has 3 N–H and O–H groups in total. The average Bonchev–Trinajstić information content (AvgIpc) is 2.69. The molecule has 112 valence electrons. The van der Waals surface area contributed by atoms with E-state index >= 15 is 0 Å². The highest BCUT2D eigenvalue weighted by Crippen LogP contribution is 2.29. The Morgan fingerprint density at radius 2 is 1.95 bits per heavy atom. The Labute approximate surface area is 122 Å². The van der Waals surface area contributed by atoms with Gasteiger partial charge in [0.25, 0.3) is 5.91 Å². The maximum atomic E-state index is 12.1. The van der Waals surface area contributed by atoms with Crippen LogP contribution in [0.1, 0.15) is 24.2 Å². The molecular weight excluding hydrogens is 278 g/mol. The van der Waals surface area contributed by atoms with Crippen molar-refractivity contribution in [3.8, 4) is 0 Å². The maximum Gasteiger partial charge on any atom is 0.258 e. The number of anilines is 2. The van der Waals surface area contributed by atoms with Crippen LogP contribution in [-0.2, 0) is 4.79 Å². The zero-order chi connectivity index (χ0) is 15.4. The summed E-state index contributed by atoms with van der Waals surface area (Å²) >= 11 is 1.11. The highest BCUT2D eigenvalue weighted by atomic mass is 32.1. The summed E-state index contributed by atoms with van der Waals surface area (Å²) < 4.78 is 4.01. The minimum Gasteiger partial charge on any atom is -0.382 e. The molecule has 1 aromatic heterocycles. The van der Waals surface area contributed by atoms with Gasteiger partial charge >= 0.3 is 0 Å². The molecule has 0 aromatic carbocycles. The maximum absolute atomic E-state index is 12.1. The number of likely N-dealkylation sites (N-methyl/N-ethyl adjacent to an activating group) is 2. The van der Waals surface area contributed by atoms with Crippen LogP contribution < -0.4 is 16.0 Å². The van der Waals surface area contributed by atoms with Crippen LogP contribution in [0.3, 0.4) is 0 Å². The van der Waals surface area contributed by atoms with Crippen molar-refractivity contribution in [1.29, 1.82) is 0 Å². The fourth-order valence-electron chi connectivity index (χ4n) is 1.52. The lowest BCUT2D eigenvalue weighted by Gasteiger charge is -2.20. The van der Waals surface area contributed by atoms with Gasteiger partial charge in [-0.05, 0) is 25.4 Å². The van der Waals surface area contributed by atoms with Crippen molar-refractivity contribution in [1.82, 2.24) is 14.6 Å². The second-order valence-electron chi connectivity index (χ2n) is 5.02. The van der Waals surface area contributed by atoms with E-state index in [9.17, 15) is 9.59 Å². The lowest BCUT2D eigenvalue weighted by molar-refractivity contribution is -0.127. The second kappa shape index (κ2) is 6.56. The molecule has 0 saturated carbocycles. The third kappa shape index (κ3) is 3.83. The fourth-order valence-corrected chi connectivity index (χ4v) is 2.29. The Hall–Kier alpha value is -1.83. The number of amides is 2. The Balaban J connectivity index is 2.96. The molecule has 1 heterocycles. The van der Waals surface area contributed by atoms with Crippen molar-refractivity contribution in [2.45, 2.75) is 19.9 Å². The predicted octanol–water partition coefficient (Wildman–Crippen LogP) is 0.388. The molecule has 8 heteroatoms. The van der Waals surface area contributed by atoms with E-state index < -0.39 is 0 Å². The molecule has 0 aliphatic heterocycles. The molecule has 0 fully saturated rings. The normalized spacial score (nSPS) is 10.5. The van der Waals surface area contributed by atoms with Crippen LogP contribution in [0.5, 0.6) is 0 Å². The highest BCUT2D eigenvalue weighted by Gasteiger charge is 2.23. The van der Waals surface area contributed by atoms with Crippen LogP contribution in [0, 0.1) is 0 Å². The average molecular weight is 299 g/mol. The van der Waals surface area contributed by atoms with E-state index in [4.69, 9.17) is 5.73 Å². The molecule has 0 unspecified atom stereocenters. The number of nitrogen functional groups attached to an aromatic ring is 1. The fraction of sp³-hybridized carbons (Fsp3) is 0.583. The molecule has 2 amide bonds. The van der Waals surface area contributed by atoms with Crippen molar-refractivity contribution in [3.63, 3.8) is 0 Å². The number of nitrogens with zero attached hydrogens (tertiary/aromatic N) is 3. The van der Waals surface area contributed by atoms with E-state index in [2.05, 4.69) is 9.69 Å². The molecule has 0 radical (unpaired) electrons. The summed E-state index contributed by atoms with van der Waals surface area (Å²) in [6, 6.07) is 0.00311. The van der Waals surface area contributed by atoms with Gasteiger partial charge in [-0.25, -0.2) is 0 Å². The Morgan fingerprint density at radius 3 is 2.45 bits per heavy atom. The monoisotopic (exact) mass is 299 g/mol. The Kier molecular flexibility index (Phi) is 5.32. The summed E-state index contributed by atoms with van der Waals surface area (Å²) in [7, 11) is 5.10. The van der Waals surface area contributed by atoms with Gasteiger partial charge in [0.15, 0.2) is 5.82 Å². The van der Waals surface area contributed by atoms with Gasteiger partial charge < -0.3 is 20.9 Å². The van der Waals surface area contributed by atoms with Crippen LogP contribution >= 0.6 is 11.5 Å². The Bertz CT molecular complexity index is 498. The third-order valence-electron chi connectivity index (χ3n) is 2.57. The molecule has 1 rings (SSSR count). The van der Waals surface area contributed by atoms with Crippen LogP contribution in [-0.4, -0.2) is 54.8 Å². The first kappa shape index (κ1) is 16.2. The molecule has 0 aliphatic carbocycles. The van der Waals surface area contributed by atoms with Crippen LogP contribution in [0.2, 0.25) is 0 Å². The minimum absolute atomic E-state index is 0.00311. The summed E-state index contributed by atoms with van der Waals surface area (Å²) in [6.07, 6.45) is 0. The van der Waals surface area contributed by atoms with Crippen molar-refractivity contribution < 1.29 is 9.59 Å². The van der Waals surface area contributed by atoms with E-state index in [1.807, 2.05) is 13.8 Å². The number of aromatic nitrogens is 1. The van der Waals surface area contributed by atoms with E-state index in [-0.39, 0.29) is 30.2 Å². The summed E-state index contributed by atoms with van der Waals surface area (Å²) in [4.78, 5) is 27.0. The van der Waals surface area contributed by atoms with Crippen molar-refractivity contribution in [2.24, 2.45) is 0 Å². The number of nitrogens with two attached hydrogens (primary N) is 1. The summed E-state index contributed by atoms with van der Waals surface area (Å²) in [5, 5.41) is 3.38. The molecule has 20 heavy (non-hydrogen) atoms. The summed E-state index contributed by atoms with van der Waals surface area (Å²) in [6.45, 7) is 3.90. The molecule has 7 nitrogen and oxygen atoms in total. The number of nitrogens with one attached hydrogen (secondary N) is 1. The summed E-state index contributed by atoms with van der Waals surface area (Å²) in [5.74, 6) is -0.146. The number of hydrogen-bond donors (Lipinski definition) is 2. The van der Waals surface area contributed by atoms with E-state index in [0.717, 1.165) is 11.5 Å². The molecular formula is C12H21N5O2S. The van der Waals surface area contributed by atoms with Gasteiger partial charge in [-0.1, -0.05) is 0 Å². The van der Waals surface area contributed by atoms with Crippen molar-refractivity contribution in [2.75, 3.05) is 38.3 Å². The molecule has 0 saturated heterocycles. The minimum atomic E-state index is -0.273. The zero-order valence-corrected chi connectivity index (χ0v) is 13.2. The van der Waals surface area contributed by atoms with E-state index in [1.54, 1.807) is 26.0 Å². The van der Waals surface area contributed by atoms with Gasteiger partial charge in [-0.2, -0.15) is 4.37 Å². The lowest BCUT2D eigenvalue weighted by Crippen LogP contribution is -2.36. The molecule has 0 atom stereocenters. The van der Waals surface area contributed by atoms with Gasteiger partial charge in [0.05, 0.1) is 6.54 Å². The van der Waals surface area contributed by atoms with Crippen LogP contribution in [0.4, 0.5) is 10.8 Å². The zero-order valence-electron chi connectivity index (χ0n) is 12.4. The number of carbonyl (C=O) groups excluding carboxylic acids is 2. The quantitative estimate of drug-likeness (QED) is 0.820. The molecule has 0 spiro atoms. The highest BCUT2D eigenvalue weighted by molar-refractivity contribution is 7.11. The van der Waals surface area contributed by atoms with Gasteiger partial charge in [0.1, 0.15) is 10.6 Å². The Morgan fingerprint density at radius 1 is 1.35 bits per heavy atom. The third-order valence-corrected chi connectivity index (χ3v) is 3.54. The smallest absolute Gasteiger partial charge is 0.258 e. The second-order valence-corrected chi connectivity index (χ2v) is 5.77.